The van der Waals surface area contributed by atoms with Gasteiger partial charge in [-0.3, -0.25) is 9.59 Å². The van der Waals surface area contributed by atoms with Gasteiger partial charge in [0.2, 0.25) is 23.8 Å². The molecule has 3 saturated heterocycles. The average molecular weight is 645 g/mol. The summed E-state index contributed by atoms with van der Waals surface area (Å²) in [7, 11) is 0. The highest BCUT2D eigenvalue weighted by atomic mass is 35.5. The highest BCUT2D eigenvalue weighted by Crippen LogP contribution is 2.44. The van der Waals surface area contributed by atoms with Crippen molar-refractivity contribution in [1.29, 1.82) is 0 Å². The van der Waals surface area contributed by atoms with Crippen molar-refractivity contribution < 1.29 is 32.6 Å². The summed E-state index contributed by atoms with van der Waals surface area (Å²) in [4.78, 5) is 35.5. The van der Waals surface area contributed by atoms with Gasteiger partial charge in [0.15, 0.2) is 0 Å². The molecule has 3 fully saturated rings. The number of alkyl halides is 3. The number of nitrogens with two attached hydrogens (primary N) is 1. The van der Waals surface area contributed by atoms with Crippen molar-refractivity contribution >= 4 is 40.9 Å². The van der Waals surface area contributed by atoms with E-state index in [1.54, 1.807) is 29.2 Å². The van der Waals surface area contributed by atoms with Crippen LogP contribution in [0, 0.1) is 5.41 Å². The molecule has 3 aliphatic heterocycles. The Balaban J connectivity index is 1.28. The van der Waals surface area contributed by atoms with Crippen molar-refractivity contribution in [3.8, 4) is 17.0 Å². The Bertz CT molecular complexity index is 1610. The number of piperidine rings is 1. The van der Waals surface area contributed by atoms with Crippen LogP contribution < -0.4 is 25.6 Å². The van der Waals surface area contributed by atoms with Crippen LogP contribution >= 0.6 is 11.6 Å². The molecule has 1 aromatic heterocycles. The molecule has 2 atom stereocenters. The predicted octanol–water partition coefficient (Wildman–Crippen LogP) is 5.22. The molecule has 6 rings (SSSR count). The maximum atomic E-state index is 14.7. The van der Waals surface area contributed by atoms with Crippen molar-refractivity contribution in [3.05, 3.63) is 59.1 Å². The van der Waals surface area contributed by atoms with Gasteiger partial charge in [-0.25, -0.2) is 0 Å². The smallest absolute Gasteiger partial charge is 0.429 e. The third-order valence-electron chi connectivity index (χ3n) is 8.89. The minimum Gasteiger partial charge on any atom is -0.480 e. The van der Waals surface area contributed by atoms with E-state index in [1.807, 2.05) is 4.90 Å². The molecule has 3 aliphatic rings. The largest absolute Gasteiger partial charge is 0.480 e. The number of aromatic nitrogens is 2. The van der Waals surface area contributed by atoms with E-state index in [4.69, 9.17) is 22.1 Å². The molecule has 3 aromatic rings. The lowest BCUT2D eigenvalue weighted by molar-refractivity contribution is -0.198. The van der Waals surface area contributed by atoms with Crippen molar-refractivity contribution in [2.75, 3.05) is 41.7 Å². The zero-order valence-corrected chi connectivity index (χ0v) is 24.9. The number of hydrogen-bond acceptors (Lipinski definition) is 8. The molecule has 10 nitrogen and oxygen atoms in total. The van der Waals surface area contributed by atoms with E-state index in [9.17, 15) is 27.9 Å². The van der Waals surface area contributed by atoms with Gasteiger partial charge in [0, 0.05) is 54.9 Å². The number of anilines is 3. The van der Waals surface area contributed by atoms with Gasteiger partial charge in [-0.05, 0) is 66.5 Å². The molecule has 1 amide bonds. The SMILES string of the molecule is Nc1nc(OC(c2ccc(Cl)cc2-c2cccc(N3CCCC3=O)c2)C(F)(F)F)cc(N2CCC3(CC2)CN[C@H](C(=O)O)C3)n1. The van der Waals surface area contributed by atoms with Crippen LogP contribution in [0.2, 0.25) is 5.02 Å². The van der Waals surface area contributed by atoms with Gasteiger partial charge in [-0.2, -0.15) is 23.1 Å². The topological polar surface area (TPSA) is 134 Å². The zero-order valence-electron chi connectivity index (χ0n) is 24.2. The number of carbonyl (C=O) groups is 2. The normalized spacial score (nSPS) is 20.5. The summed E-state index contributed by atoms with van der Waals surface area (Å²) >= 11 is 6.27. The van der Waals surface area contributed by atoms with E-state index >= 15 is 0 Å². The first-order valence-corrected chi connectivity index (χ1v) is 15.1. The van der Waals surface area contributed by atoms with Crippen LogP contribution in [0.3, 0.4) is 0 Å². The number of nitrogens with one attached hydrogen (secondary N) is 1. The van der Waals surface area contributed by atoms with E-state index in [0.717, 1.165) is 0 Å². The Morgan fingerprint density at radius 1 is 1.13 bits per heavy atom. The monoisotopic (exact) mass is 644 g/mol. The summed E-state index contributed by atoms with van der Waals surface area (Å²) < 4.78 is 49.8. The molecule has 0 bridgehead atoms. The Hall–Kier alpha value is -4.10. The molecule has 14 heteroatoms. The highest BCUT2D eigenvalue weighted by Gasteiger charge is 2.46. The minimum atomic E-state index is -4.85. The zero-order chi connectivity index (χ0) is 31.9. The van der Waals surface area contributed by atoms with Gasteiger partial charge in [0.1, 0.15) is 11.9 Å². The number of aliphatic carboxylic acids is 1. The lowest BCUT2D eigenvalue weighted by Gasteiger charge is -2.39. The van der Waals surface area contributed by atoms with Crippen molar-refractivity contribution in [2.24, 2.45) is 5.41 Å². The summed E-state index contributed by atoms with van der Waals surface area (Å²) in [6.07, 6.45) is -4.26. The maximum absolute atomic E-state index is 14.7. The Morgan fingerprint density at radius 2 is 1.91 bits per heavy atom. The molecule has 4 heterocycles. The fraction of sp³-hybridized carbons (Fsp3) is 0.419. The molecule has 1 unspecified atom stereocenters. The fourth-order valence-corrected chi connectivity index (χ4v) is 6.70. The molecule has 0 radical (unpaired) electrons. The van der Waals surface area contributed by atoms with Gasteiger partial charge in [0.05, 0.1) is 0 Å². The number of benzene rings is 2. The second kappa shape index (κ2) is 12.0. The number of nitrogen functional groups attached to an aromatic ring is 1. The number of ether oxygens (including phenoxy) is 1. The first kappa shape index (κ1) is 30.9. The second-order valence-electron chi connectivity index (χ2n) is 11.9. The summed E-state index contributed by atoms with van der Waals surface area (Å²) in [5.41, 5.74) is 6.84. The molecule has 0 aliphatic carbocycles. The third kappa shape index (κ3) is 6.50. The van der Waals surface area contributed by atoms with Crippen LogP contribution in [0.5, 0.6) is 5.88 Å². The third-order valence-corrected chi connectivity index (χ3v) is 9.12. The molecule has 4 N–H and O–H groups in total. The lowest BCUT2D eigenvalue weighted by atomic mass is 9.76. The summed E-state index contributed by atoms with van der Waals surface area (Å²) in [6.45, 7) is 2.16. The number of rotatable bonds is 7. The van der Waals surface area contributed by atoms with E-state index in [-0.39, 0.29) is 39.3 Å². The van der Waals surface area contributed by atoms with Crippen molar-refractivity contribution in [2.45, 2.75) is 50.4 Å². The molecular weight excluding hydrogens is 613 g/mol. The number of halogens is 4. The van der Waals surface area contributed by atoms with Crippen LogP contribution in [0.1, 0.15) is 43.8 Å². The van der Waals surface area contributed by atoms with Crippen LogP contribution in [-0.4, -0.2) is 65.3 Å². The Labute approximate surface area is 262 Å². The van der Waals surface area contributed by atoms with Crippen LogP contribution in [0.25, 0.3) is 11.1 Å². The number of carboxylic acids is 1. The predicted molar refractivity (Wildman–Crippen MR) is 162 cm³/mol. The second-order valence-corrected chi connectivity index (χ2v) is 12.3. The molecular formula is C31H32ClF3N6O4. The molecule has 1 spiro atoms. The number of carbonyl (C=O) groups excluding carboxylic acids is 1. The molecule has 2 aromatic carbocycles. The van der Waals surface area contributed by atoms with Crippen LogP contribution in [-0.2, 0) is 9.59 Å². The summed E-state index contributed by atoms with van der Waals surface area (Å²) in [6, 6.07) is 11.6. The quantitative estimate of drug-likeness (QED) is 0.316. The van der Waals surface area contributed by atoms with Crippen LogP contribution in [0.15, 0.2) is 48.5 Å². The van der Waals surface area contributed by atoms with E-state index in [2.05, 4.69) is 15.3 Å². The number of nitrogens with zero attached hydrogens (tertiary/aromatic N) is 4. The first-order chi connectivity index (χ1) is 21.4. The Kier molecular flexibility index (Phi) is 8.25. The number of amides is 1. The number of carboxylic acid groups (broad SMARTS) is 1. The summed E-state index contributed by atoms with van der Waals surface area (Å²) in [5.74, 6) is -1.17. The van der Waals surface area contributed by atoms with Gasteiger partial charge in [0.25, 0.3) is 0 Å². The highest BCUT2D eigenvalue weighted by molar-refractivity contribution is 6.30. The van der Waals surface area contributed by atoms with Crippen LogP contribution in [0.4, 0.5) is 30.6 Å². The van der Waals surface area contributed by atoms with E-state index in [1.165, 1.54) is 24.3 Å². The summed E-state index contributed by atoms with van der Waals surface area (Å²) in [5, 5.41) is 12.7. The molecule has 238 valence electrons. The van der Waals surface area contributed by atoms with Gasteiger partial charge in [-0.15, -0.1) is 0 Å². The van der Waals surface area contributed by atoms with Gasteiger partial charge < -0.3 is 30.7 Å². The molecule has 0 saturated carbocycles. The average Bonchev–Trinajstić information content (AvgIpc) is 3.62. The molecule has 45 heavy (non-hydrogen) atoms. The lowest BCUT2D eigenvalue weighted by Crippen LogP contribution is -2.41. The van der Waals surface area contributed by atoms with Gasteiger partial charge in [-0.1, -0.05) is 29.8 Å². The standard InChI is InChI=1S/C31H32ClF3N6O4/c32-19-6-7-21(22(14-19)18-3-1-4-20(13-18)41-10-2-5-26(41)42)27(31(33,34)35)45-25-15-24(38-29(36)39-25)40-11-8-30(9-12-40)16-23(28(43)44)37-17-30/h1,3-4,6-7,13-15,23,27,37H,2,5,8-12,16-17H2,(H,43,44)(H2,36,38,39)/t23-,27?/m0/s1. The Morgan fingerprint density at radius 3 is 2.58 bits per heavy atom. The van der Waals surface area contributed by atoms with Crippen molar-refractivity contribution in [1.82, 2.24) is 15.3 Å². The van der Waals surface area contributed by atoms with E-state index < -0.39 is 24.3 Å². The van der Waals surface area contributed by atoms with Gasteiger partial charge >= 0.3 is 12.1 Å². The minimum absolute atomic E-state index is 0.0413. The first-order valence-electron chi connectivity index (χ1n) is 14.7. The maximum Gasteiger partial charge on any atom is 0.429 e. The number of hydrogen-bond donors (Lipinski definition) is 3. The van der Waals surface area contributed by atoms with Crippen molar-refractivity contribution in [3.63, 3.8) is 0 Å². The van der Waals surface area contributed by atoms with E-state index in [0.29, 0.717) is 75.4 Å². The fourth-order valence-electron chi connectivity index (χ4n) is 6.53.